The van der Waals surface area contributed by atoms with Crippen LogP contribution in [0.5, 0.6) is 5.88 Å². The molecule has 1 heterocycles. The second-order valence-electron chi connectivity index (χ2n) is 5.16. The normalized spacial score (nSPS) is 21.5. The van der Waals surface area contributed by atoms with Crippen LogP contribution in [0.15, 0.2) is 18.3 Å². The average Bonchev–Trinajstić information content (AvgIpc) is 2.47. The fourth-order valence-corrected chi connectivity index (χ4v) is 2.33. The third kappa shape index (κ3) is 5.42. The Bertz CT molecular complexity index is 494. The predicted molar refractivity (Wildman–Crippen MR) is 73.4 cm³/mol. The molecule has 22 heavy (non-hydrogen) atoms. The Balaban J connectivity index is 1.76. The van der Waals surface area contributed by atoms with Gasteiger partial charge in [-0.2, -0.15) is 8.78 Å². The first-order valence-corrected chi connectivity index (χ1v) is 7.11. The molecule has 2 N–H and O–H groups in total. The quantitative estimate of drug-likeness (QED) is 0.878. The molecule has 0 aromatic carbocycles. The second-order valence-corrected chi connectivity index (χ2v) is 5.16. The Morgan fingerprint density at radius 3 is 2.77 bits per heavy atom. The van der Waals surface area contributed by atoms with E-state index in [2.05, 4.69) is 20.4 Å². The molecule has 2 amide bonds. The van der Waals surface area contributed by atoms with E-state index in [9.17, 15) is 18.0 Å². The van der Waals surface area contributed by atoms with Crippen molar-refractivity contribution in [2.24, 2.45) is 0 Å². The summed E-state index contributed by atoms with van der Waals surface area (Å²) in [4.78, 5) is 15.4. The summed E-state index contributed by atoms with van der Waals surface area (Å²) in [5, 5.41) is 5.40. The van der Waals surface area contributed by atoms with E-state index >= 15 is 0 Å². The second kappa shape index (κ2) is 7.86. The molecule has 5 nitrogen and oxygen atoms in total. The van der Waals surface area contributed by atoms with E-state index in [-0.39, 0.29) is 24.5 Å². The molecular weight excluding hydrogens is 299 g/mol. The van der Waals surface area contributed by atoms with Crippen molar-refractivity contribution in [3.8, 4) is 5.88 Å². The van der Waals surface area contributed by atoms with Gasteiger partial charge < -0.3 is 15.4 Å². The molecule has 1 aromatic heterocycles. The molecule has 0 radical (unpaired) electrons. The van der Waals surface area contributed by atoms with Crippen LogP contribution in [0.2, 0.25) is 0 Å². The van der Waals surface area contributed by atoms with Gasteiger partial charge in [0.2, 0.25) is 5.88 Å². The van der Waals surface area contributed by atoms with Gasteiger partial charge in [-0.05, 0) is 37.3 Å². The van der Waals surface area contributed by atoms with Crippen LogP contribution in [0.3, 0.4) is 0 Å². The molecule has 122 valence electrons. The van der Waals surface area contributed by atoms with Gasteiger partial charge in [0.25, 0.3) is 0 Å². The molecule has 0 spiro atoms. The first kappa shape index (κ1) is 16.4. The van der Waals surface area contributed by atoms with E-state index in [1.807, 2.05) is 0 Å². The van der Waals surface area contributed by atoms with Crippen LogP contribution in [-0.2, 0) is 6.54 Å². The number of ether oxygens (including phenoxy) is 1. The van der Waals surface area contributed by atoms with Crippen LogP contribution < -0.4 is 15.4 Å². The number of hydrogen-bond acceptors (Lipinski definition) is 3. The lowest BCUT2D eigenvalue weighted by atomic mass is 9.94. The summed E-state index contributed by atoms with van der Waals surface area (Å²) in [5.74, 6) is -0.198. The Labute approximate surface area is 126 Å². The van der Waals surface area contributed by atoms with E-state index < -0.39 is 12.8 Å². The Hall–Kier alpha value is -1.99. The van der Waals surface area contributed by atoms with Crippen molar-refractivity contribution < 1.29 is 22.7 Å². The molecule has 1 aliphatic rings. The fraction of sp³-hybridized carbons (Fsp3) is 0.571. The molecule has 0 aliphatic heterocycles. The SMILES string of the molecule is O=C(NCc1ccnc(OC(F)F)c1)NC1CCC(F)CC1. The number of nitrogens with one attached hydrogen (secondary N) is 2. The first-order chi connectivity index (χ1) is 10.5. The molecule has 2 rings (SSSR count). The van der Waals surface area contributed by atoms with Crippen LogP contribution in [0.25, 0.3) is 0 Å². The molecule has 1 aliphatic carbocycles. The van der Waals surface area contributed by atoms with Gasteiger partial charge in [0.1, 0.15) is 6.17 Å². The van der Waals surface area contributed by atoms with Gasteiger partial charge in [-0.25, -0.2) is 14.2 Å². The molecule has 1 aromatic rings. The van der Waals surface area contributed by atoms with Crippen molar-refractivity contribution in [1.29, 1.82) is 0 Å². The number of hydrogen-bond donors (Lipinski definition) is 2. The van der Waals surface area contributed by atoms with Crippen molar-refractivity contribution in [2.45, 2.75) is 51.1 Å². The highest BCUT2D eigenvalue weighted by Crippen LogP contribution is 2.20. The lowest BCUT2D eigenvalue weighted by molar-refractivity contribution is -0.0529. The minimum absolute atomic E-state index is 0.0258. The third-order valence-electron chi connectivity index (χ3n) is 3.45. The maximum atomic E-state index is 13.0. The fourth-order valence-electron chi connectivity index (χ4n) is 2.33. The van der Waals surface area contributed by atoms with Gasteiger partial charge in [0, 0.05) is 24.8 Å². The Morgan fingerprint density at radius 1 is 1.36 bits per heavy atom. The summed E-state index contributed by atoms with van der Waals surface area (Å²) < 4.78 is 41.3. The number of carbonyl (C=O) groups is 1. The number of nitrogens with zero attached hydrogens (tertiary/aromatic N) is 1. The largest absolute Gasteiger partial charge is 0.417 e. The summed E-state index contributed by atoms with van der Waals surface area (Å²) >= 11 is 0. The van der Waals surface area contributed by atoms with E-state index in [1.165, 1.54) is 12.3 Å². The lowest BCUT2D eigenvalue weighted by Gasteiger charge is -2.25. The third-order valence-corrected chi connectivity index (χ3v) is 3.45. The number of aromatic nitrogens is 1. The topological polar surface area (TPSA) is 63.2 Å². The minimum atomic E-state index is -2.94. The van der Waals surface area contributed by atoms with Crippen molar-refractivity contribution in [3.05, 3.63) is 23.9 Å². The van der Waals surface area contributed by atoms with Gasteiger partial charge in [-0.15, -0.1) is 0 Å². The molecular formula is C14H18F3N3O2. The number of halogens is 3. The summed E-state index contributed by atoms with van der Waals surface area (Å²) in [6, 6.07) is 2.53. The summed E-state index contributed by atoms with van der Waals surface area (Å²) in [7, 11) is 0. The van der Waals surface area contributed by atoms with Crippen molar-refractivity contribution in [3.63, 3.8) is 0 Å². The number of amides is 2. The number of carbonyl (C=O) groups excluding carboxylic acids is 1. The molecule has 0 bridgehead atoms. The molecule has 1 fully saturated rings. The molecule has 1 saturated carbocycles. The van der Waals surface area contributed by atoms with Crippen LogP contribution >= 0.6 is 0 Å². The zero-order chi connectivity index (χ0) is 15.9. The number of pyridine rings is 1. The summed E-state index contributed by atoms with van der Waals surface area (Å²) in [6.45, 7) is -2.78. The average molecular weight is 317 g/mol. The van der Waals surface area contributed by atoms with Crippen LogP contribution in [-0.4, -0.2) is 29.8 Å². The number of alkyl halides is 3. The van der Waals surface area contributed by atoms with Gasteiger partial charge in [0.05, 0.1) is 0 Å². The molecule has 0 unspecified atom stereocenters. The minimum Gasteiger partial charge on any atom is -0.417 e. The van der Waals surface area contributed by atoms with Crippen molar-refractivity contribution >= 4 is 6.03 Å². The Kier molecular flexibility index (Phi) is 5.85. The standard InChI is InChI=1S/C14H18F3N3O2/c15-10-1-3-11(4-2-10)20-14(21)19-8-9-5-6-18-12(7-9)22-13(16)17/h5-7,10-11,13H,1-4,8H2,(H2,19,20,21). The first-order valence-electron chi connectivity index (χ1n) is 7.11. The van der Waals surface area contributed by atoms with Gasteiger partial charge in [-0.1, -0.05) is 0 Å². The maximum Gasteiger partial charge on any atom is 0.388 e. The molecule has 0 atom stereocenters. The highest BCUT2D eigenvalue weighted by Gasteiger charge is 2.21. The highest BCUT2D eigenvalue weighted by molar-refractivity contribution is 5.74. The van der Waals surface area contributed by atoms with Gasteiger partial charge in [0.15, 0.2) is 0 Å². The van der Waals surface area contributed by atoms with Crippen molar-refractivity contribution in [2.75, 3.05) is 0 Å². The summed E-state index contributed by atoms with van der Waals surface area (Å²) in [5.41, 5.74) is 0.591. The smallest absolute Gasteiger partial charge is 0.388 e. The maximum absolute atomic E-state index is 13.0. The van der Waals surface area contributed by atoms with Gasteiger partial charge >= 0.3 is 12.6 Å². The lowest BCUT2D eigenvalue weighted by Crippen LogP contribution is -2.43. The number of rotatable bonds is 5. The van der Waals surface area contributed by atoms with Crippen LogP contribution in [0, 0.1) is 0 Å². The van der Waals surface area contributed by atoms with E-state index in [4.69, 9.17) is 0 Å². The van der Waals surface area contributed by atoms with E-state index in [1.54, 1.807) is 6.07 Å². The highest BCUT2D eigenvalue weighted by atomic mass is 19.3. The predicted octanol–water partition coefficient (Wildman–Crippen LogP) is 2.76. The molecule has 0 saturated heterocycles. The zero-order valence-electron chi connectivity index (χ0n) is 11.9. The van der Waals surface area contributed by atoms with Gasteiger partial charge in [-0.3, -0.25) is 0 Å². The van der Waals surface area contributed by atoms with E-state index in [0.717, 1.165) is 0 Å². The van der Waals surface area contributed by atoms with Crippen molar-refractivity contribution in [1.82, 2.24) is 15.6 Å². The Morgan fingerprint density at radius 2 is 2.09 bits per heavy atom. The van der Waals surface area contributed by atoms with Crippen LogP contribution in [0.4, 0.5) is 18.0 Å². The summed E-state index contributed by atoms with van der Waals surface area (Å²) in [6.07, 6.45) is 2.72. The molecule has 8 heteroatoms. The van der Waals surface area contributed by atoms with Crippen LogP contribution in [0.1, 0.15) is 31.2 Å². The monoisotopic (exact) mass is 317 g/mol. The zero-order valence-corrected chi connectivity index (χ0v) is 11.9. The number of urea groups is 1. The van der Waals surface area contributed by atoms with E-state index in [0.29, 0.717) is 31.2 Å².